The summed E-state index contributed by atoms with van der Waals surface area (Å²) in [7, 11) is 0. The number of fused-ring (bicyclic) bond motifs is 5. The van der Waals surface area contributed by atoms with E-state index < -0.39 is 47.5 Å². The Balaban J connectivity index is 1.49. The van der Waals surface area contributed by atoms with E-state index in [9.17, 15) is 19.2 Å². The highest BCUT2D eigenvalue weighted by molar-refractivity contribution is 5.98. The van der Waals surface area contributed by atoms with Crippen LogP contribution >= 0.6 is 0 Å². The molecule has 2 aliphatic heterocycles. The van der Waals surface area contributed by atoms with Crippen molar-refractivity contribution in [1.82, 2.24) is 4.57 Å². The molecule has 2 fully saturated rings. The highest BCUT2D eigenvalue weighted by Gasteiger charge is 2.52. The fourth-order valence-corrected chi connectivity index (χ4v) is 5.66. The Labute approximate surface area is 172 Å². The molecule has 1 aromatic heterocycles. The Morgan fingerprint density at radius 2 is 1.10 bits per heavy atom. The fourth-order valence-electron chi connectivity index (χ4n) is 5.66. The zero-order valence-corrected chi connectivity index (χ0v) is 16.1. The van der Waals surface area contributed by atoms with Gasteiger partial charge in [0.05, 0.1) is 23.7 Å². The van der Waals surface area contributed by atoms with Gasteiger partial charge in [0.2, 0.25) is 0 Å². The number of hydrogen-bond donors (Lipinski definition) is 0. The van der Waals surface area contributed by atoms with E-state index in [-0.39, 0.29) is 0 Å². The lowest BCUT2D eigenvalue weighted by molar-refractivity contribution is -0.155. The Kier molecular flexibility index (Phi) is 3.61. The highest BCUT2D eigenvalue weighted by Crippen LogP contribution is 2.45. The molecule has 0 unspecified atom stereocenters. The van der Waals surface area contributed by atoms with Crippen molar-refractivity contribution < 1.29 is 28.7 Å². The molecule has 0 amide bonds. The minimum absolute atomic E-state index is 0.440. The molecule has 1 aromatic carbocycles. The number of nitrogens with zero attached hydrogens (tertiary/aromatic N) is 1. The molecular weight excluding hydrogens is 386 g/mol. The van der Waals surface area contributed by atoms with E-state index in [0.717, 1.165) is 28.1 Å². The van der Waals surface area contributed by atoms with Gasteiger partial charge in [-0.2, -0.15) is 0 Å². The molecule has 0 saturated carbocycles. The number of rotatable bonds is 2. The summed E-state index contributed by atoms with van der Waals surface area (Å²) in [6.07, 6.45) is 1.76. The van der Waals surface area contributed by atoms with Crippen LogP contribution in [0.25, 0.3) is 0 Å². The van der Waals surface area contributed by atoms with Crippen molar-refractivity contribution in [3.63, 3.8) is 0 Å². The Morgan fingerprint density at radius 1 is 0.667 bits per heavy atom. The third-order valence-corrected chi connectivity index (χ3v) is 7.16. The minimum Gasteiger partial charge on any atom is -0.393 e. The van der Waals surface area contributed by atoms with Gasteiger partial charge in [-0.05, 0) is 29.5 Å². The molecule has 7 heteroatoms. The summed E-state index contributed by atoms with van der Waals surface area (Å²) in [5.74, 6) is -3.64. The maximum Gasteiger partial charge on any atom is 0.317 e. The fraction of sp³-hybridized carbons (Fsp3) is 0.391. The predicted molar refractivity (Wildman–Crippen MR) is 101 cm³/mol. The Hall–Kier alpha value is -3.22. The summed E-state index contributed by atoms with van der Waals surface area (Å²) >= 11 is 0. The largest absolute Gasteiger partial charge is 0.393 e. The molecule has 4 aliphatic rings. The minimum atomic E-state index is -0.462. The van der Waals surface area contributed by atoms with E-state index in [1.165, 1.54) is 0 Å². The van der Waals surface area contributed by atoms with Gasteiger partial charge in [0, 0.05) is 30.8 Å². The molecule has 0 spiro atoms. The second-order valence-electron chi connectivity index (χ2n) is 8.64. The molecular formula is C23H19NO6. The first-order chi connectivity index (χ1) is 14.5. The maximum absolute atomic E-state index is 12.2. The molecule has 2 aromatic rings. The molecule has 152 valence electrons. The summed E-state index contributed by atoms with van der Waals surface area (Å²) in [6.45, 7) is 0.610. The third kappa shape index (κ3) is 2.38. The second-order valence-corrected chi connectivity index (χ2v) is 8.64. The van der Waals surface area contributed by atoms with Gasteiger partial charge in [-0.1, -0.05) is 30.3 Å². The standard InChI is InChI=1S/C23H19NO6/c25-20-14-6-12-13-7-15-17(23(28)30-21(15)26)9-19(13)24(10-11-4-2-1-3-5-11)18(12)8-16(14)22(27)29-20/h1-5,14-17H,6-10H2/t14-,15-,16+,17+/m1/s1. The summed E-state index contributed by atoms with van der Waals surface area (Å²) in [6, 6.07) is 9.99. The number of benzene rings is 1. The number of carbonyl (C=O) groups is 4. The number of carbonyl (C=O) groups excluding carboxylic acids is 4. The number of esters is 4. The highest BCUT2D eigenvalue weighted by atomic mass is 16.6. The van der Waals surface area contributed by atoms with Crippen LogP contribution in [0.1, 0.15) is 28.1 Å². The topological polar surface area (TPSA) is 91.7 Å². The Morgan fingerprint density at radius 3 is 1.57 bits per heavy atom. The number of hydrogen-bond acceptors (Lipinski definition) is 6. The smallest absolute Gasteiger partial charge is 0.317 e. The van der Waals surface area contributed by atoms with Crippen molar-refractivity contribution in [3.8, 4) is 0 Å². The second kappa shape index (κ2) is 6.14. The van der Waals surface area contributed by atoms with Crippen LogP contribution in [0.2, 0.25) is 0 Å². The van der Waals surface area contributed by atoms with Crippen LogP contribution in [0.3, 0.4) is 0 Å². The van der Waals surface area contributed by atoms with Gasteiger partial charge >= 0.3 is 23.9 Å². The van der Waals surface area contributed by atoms with Gasteiger partial charge in [0.15, 0.2) is 0 Å². The van der Waals surface area contributed by atoms with Crippen molar-refractivity contribution in [2.45, 2.75) is 32.2 Å². The normalized spacial score (nSPS) is 29.1. The van der Waals surface area contributed by atoms with Gasteiger partial charge in [-0.15, -0.1) is 0 Å². The van der Waals surface area contributed by atoms with Crippen LogP contribution in [0, 0.1) is 23.7 Å². The molecule has 4 atom stereocenters. The quantitative estimate of drug-likeness (QED) is 0.554. The zero-order valence-electron chi connectivity index (χ0n) is 16.1. The first-order valence-corrected chi connectivity index (χ1v) is 10.3. The van der Waals surface area contributed by atoms with Crippen LogP contribution in [-0.2, 0) is 60.9 Å². The van der Waals surface area contributed by atoms with Gasteiger partial charge < -0.3 is 14.0 Å². The lowest BCUT2D eigenvalue weighted by Gasteiger charge is -2.23. The Bertz CT molecular complexity index is 1060. The van der Waals surface area contributed by atoms with Crippen LogP contribution in [0.15, 0.2) is 30.3 Å². The molecule has 2 aliphatic carbocycles. The number of ether oxygens (including phenoxy) is 2. The van der Waals surface area contributed by atoms with Gasteiger partial charge in [-0.25, -0.2) is 0 Å². The van der Waals surface area contributed by atoms with E-state index >= 15 is 0 Å². The van der Waals surface area contributed by atoms with Gasteiger partial charge in [-0.3, -0.25) is 19.2 Å². The molecule has 0 bridgehead atoms. The lowest BCUT2D eigenvalue weighted by atomic mass is 9.74. The van der Waals surface area contributed by atoms with E-state index in [2.05, 4.69) is 4.57 Å². The SMILES string of the molecule is O=C1OC(=O)[C@@H]2Cc3c4c(n(Cc5ccccc5)c3C[C@H]12)C[C@@H]1C(=O)OC(=O)[C@@H]1C4. The average Bonchev–Trinajstić information content (AvgIpc) is 3.31. The van der Waals surface area contributed by atoms with Crippen molar-refractivity contribution in [3.05, 3.63) is 58.4 Å². The summed E-state index contributed by atoms with van der Waals surface area (Å²) in [5, 5.41) is 0. The van der Waals surface area contributed by atoms with Crippen molar-refractivity contribution >= 4 is 23.9 Å². The molecule has 3 heterocycles. The molecule has 0 radical (unpaired) electrons. The van der Waals surface area contributed by atoms with Crippen LogP contribution < -0.4 is 0 Å². The number of aromatic nitrogens is 1. The van der Waals surface area contributed by atoms with Crippen LogP contribution in [0.4, 0.5) is 0 Å². The lowest BCUT2D eigenvalue weighted by Crippen LogP contribution is -2.29. The maximum atomic E-state index is 12.2. The molecule has 7 nitrogen and oxygen atoms in total. The van der Waals surface area contributed by atoms with E-state index in [0.29, 0.717) is 32.2 Å². The summed E-state index contributed by atoms with van der Waals surface area (Å²) in [5.41, 5.74) is 5.24. The first-order valence-electron chi connectivity index (χ1n) is 10.3. The summed E-state index contributed by atoms with van der Waals surface area (Å²) < 4.78 is 12.0. The summed E-state index contributed by atoms with van der Waals surface area (Å²) in [4.78, 5) is 48.9. The molecule has 6 rings (SSSR count). The van der Waals surface area contributed by atoms with Gasteiger partial charge in [0.25, 0.3) is 0 Å². The zero-order chi connectivity index (χ0) is 20.6. The number of cyclic esters (lactones) is 4. The van der Waals surface area contributed by atoms with Crippen molar-refractivity contribution in [2.24, 2.45) is 23.7 Å². The van der Waals surface area contributed by atoms with E-state index in [1.807, 2.05) is 30.3 Å². The van der Waals surface area contributed by atoms with Crippen molar-refractivity contribution in [1.29, 1.82) is 0 Å². The van der Waals surface area contributed by atoms with Crippen LogP contribution in [0.5, 0.6) is 0 Å². The molecule has 0 N–H and O–H groups in total. The van der Waals surface area contributed by atoms with Gasteiger partial charge in [0.1, 0.15) is 0 Å². The molecule has 30 heavy (non-hydrogen) atoms. The molecule has 2 saturated heterocycles. The van der Waals surface area contributed by atoms with Crippen molar-refractivity contribution in [2.75, 3.05) is 0 Å². The van der Waals surface area contributed by atoms with E-state index in [1.54, 1.807) is 0 Å². The van der Waals surface area contributed by atoms with Crippen LogP contribution in [-0.4, -0.2) is 28.4 Å². The van der Waals surface area contributed by atoms with E-state index in [4.69, 9.17) is 9.47 Å². The average molecular weight is 405 g/mol. The third-order valence-electron chi connectivity index (χ3n) is 7.16. The predicted octanol–water partition coefficient (Wildman–Crippen LogP) is 1.37. The first kappa shape index (κ1) is 17.6. The monoisotopic (exact) mass is 405 g/mol.